The van der Waals surface area contributed by atoms with Gasteiger partial charge in [0.1, 0.15) is 0 Å². The molecule has 0 aliphatic heterocycles. The molecule has 2 N–H and O–H groups in total. The first-order valence-electron chi connectivity index (χ1n) is 6.23. The molecule has 0 amide bonds. The molecule has 1 rings (SSSR count). The summed E-state index contributed by atoms with van der Waals surface area (Å²) in [6.45, 7) is 3.81. The molecule has 0 saturated heterocycles. The van der Waals surface area contributed by atoms with Crippen LogP contribution in [0.25, 0.3) is 0 Å². The zero-order valence-corrected chi connectivity index (χ0v) is 11.4. The van der Waals surface area contributed by atoms with Gasteiger partial charge in [-0.3, -0.25) is 4.99 Å². The van der Waals surface area contributed by atoms with Gasteiger partial charge in [-0.2, -0.15) is 0 Å². The second kappa shape index (κ2) is 8.33. The highest BCUT2D eigenvalue weighted by Crippen LogP contribution is 2.05. The number of aliphatic imine (C=N–C) groups is 1. The number of rotatable bonds is 6. The topological polar surface area (TPSA) is 58.5 Å². The Bertz CT molecular complexity index is 362. The third kappa shape index (κ3) is 5.03. The minimum absolute atomic E-state index is 0.629. The van der Waals surface area contributed by atoms with Crippen LogP contribution in [0.15, 0.2) is 23.3 Å². The van der Waals surface area contributed by atoms with Crippen molar-refractivity contribution in [2.45, 2.75) is 26.3 Å². The number of nitrogens with zero attached hydrogens (tertiary/aromatic N) is 2. The number of nitrogens with one attached hydrogen (secondary N) is 2. The van der Waals surface area contributed by atoms with Gasteiger partial charge >= 0.3 is 0 Å². The summed E-state index contributed by atoms with van der Waals surface area (Å²) >= 11 is 0. The van der Waals surface area contributed by atoms with Crippen molar-refractivity contribution in [3.63, 3.8) is 0 Å². The van der Waals surface area contributed by atoms with E-state index in [4.69, 9.17) is 4.74 Å². The van der Waals surface area contributed by atoms with Gasteiger partial charge in [0.05, 0.1) is 7.11 Å². The van der Waals surface area contributed by atoms with Crippen LogP contribution in [0.5, 0.6) is 5.88 Å². The van der Waals surface area contributed by atoms with Crippen LogP contribution < -0.4 is 15.4 Å². The number of guanidine groups is 1. The fraction of sp³-hybridized carbons (Fsp3) is 0.538. The zero-order chi connectivity index (χ0) is 13.2. The second-order valence-electron chi connectivity index (χ2n) is 3.91. The molecular weight excluding hydrogens is 228 g/mol. The largest absolute Gasteiger partial charge is 0.481 e. The Labute approximate surface area is 109 Å². The molecule has 0 saturated carbocycles. The summed E-state index contributed by atoms with van der Waals surface area (Å²) in [6, 6.07) is 3.84. The van der Waals surface area contributed by atoms with Crippen LogP contribution in [-0.2, 0) is 6.54 Å². The highest BCUT2D eigenvalue weighted by molar-refractivity contribution is 5.79. The fourth-order valence-corrected chi connectivity index (χ4v) is 1.43. The molecule has 1 aromatic rings. The number of aromatic nitrogens is 1. The summed E-state index contributed by atoms with van der Waals surface area (Å²) < 4.78 is 5.01. The molecule has 0 spiro atoms. The van der Waals surface area contributed by atoms with Gasteiger partial charge in [-0.05, 0) is 12.0 Å². The average molecular weight is 250 g/mol. The summed E-state index contributed by atoms with van der Waals surface area (Å²) in [5.74, 6) is 1.45. The average Bonchev–Trinajstić information content (AvgIpc) is 2.43. The summed E-state index contributed by atoms with van der Waals surface area (Å²) in [5.41, 5.74) is 1.09. The Balaban J connectivity index is 2.37. The maximum Gasteiger partial charge on any atom is 0.212 e. The van der Waals surface area contributed by atoms with E-state index in [2.05, 4.69) is 27.5 Å². The molecule has 0 bridgehead atoms. The number of hydrogen-bond donors (Lipinski definition) is 2. The van der Waals surface area contributed by atoms with Gasteiger partial charge in [0.2, 0.25) is 5.88 Å². The fourth-order valence-electron chi connectivity index (χ4n) is 1.43. The monoisotopic (exact) mass is 250 g/mol. The predicted octanol–water partition coefficient (Wildman–Crippen LogP) is 1.56. The van der Waals surface area contributed by atoms with E-state index < -0.39 is 0 Å². The van der Waals surface area contributed by atoms with Gasteiger partial charge in [-0.25, -0.2) is 4.98 Å². The number of pyridine rings is 1. The SMILES string of the molecule is CCCCNC(=NC)NCc1ccc(OC)nc1. The number of hydrogen-bond acceptors (Lipinski definition) is 3. The van der Waals surface area contributed by atoms with Crippen molar-refractivity contribution in [2.24, 2.45) is 4.99 Å². The van der Waals surface area contributed by atoms with Crippen molar-refractivity contribution in [1.82, 2.24) is 15.6 Å². The van der Waals surface area contributed by atoms with Gasteiger partial charge < -0.3 is 15.4 Å². The molecule has 0 aliphatic rings. The van der Waals surface area contributed by atoms with Crippen LogP contribution in [-0.4, -0.2) is 31.6 Å². The molecule has 5 nitrogen and oxygen atoms in total. The van der Waals surface area contributed by atoms with E-state index in [0.717, 1.165) is 24.5 Å². The lowest BCUT2D eigenvalue weighted by Gasteiger charge is -2.11. The van der Waals surface area contributed by atoms with Crippen LogP contribution in [0, 0.1) is 0 Å². The minimum atomic E-state index is 0.629. The highest BCUT2D eigenvalue weighted by Gasteiger charge is 1.98. The smallest absolute Gasteiger partial charge is 0.212 e. The Morgan fingerprint density at radius 3 is 2.78 bits per heavy atom. The summed E-state index contributed by atoms with van der Waals surface area (Å²) in [5, 5.41) is 6.50. The first kappa shape index (κ1) is 14.3. The van der Waals surface area contributed by atoms with E-state index in [1.165, 1.54) is 6.42 Å². The maximum atomic E-state index is 5.01. The Morgan fingerprint density at radius 1 is 1.39 bits per heavy atom. The summed E-state index contributed by atoms with van der Waals surface area (Å²) in [6.07, 6.45) is 4.11. The molecule has 0 aliphatic carbocycles. The second-order valence-corrected chi connectivity index (χ2v) is 3.91. The lowest BCUT2D eigenvalue weighted by atomic mass is 10.3. The van der Waals surface area contributed by atoms with Crippen molar-refractivity contribution in [1.29, 1.82) is 0 Å². The highest BCUT2D eigenvalue weighted by atomic mass is 16.5. The van der Waals surface area contributed by atoms with Crippen molar-refractivity contribution in [3.8, 4) is 5.88 Å². The predicted molar refractivity (Wildman–Crippen MR) is 73.9 cm³/mol. The number of unbranched alkanes of at least 4 members (excludes halogenated alkanes) is 1. The molecular formula is C13H22N4O. The molecule has 0 unspecified atom stereocenters. The van der Waals surface area contributed by atoms with E-state index >= 15 is 0 Å². The first-order chi connectivity index (χ1) is 8.80. The zero-order valence-electron chi connectivity index (χ0n) is 11.4. The third-order valence-electron chi connectivity index (χ3n) is 2.51. The van der Waals surface area contributed by atoms with Crippen LogP contribution >= 0.6 is 0 Å². The molecule has 0 radical (unpaired) electrons. The van der Waals surface area contributed by atoms with Gasteiger partial charge in [0.15, 0.2) is 5.96 Å². The van der Waals surface area contributed by atoms with Crippen molar-refractivity contribution in [3.05, 3.63) is 23.9 Å². The van der Waals surface area contributed by atoms with Crippen LogP contribution in [0.1, 0.15) is 25.3 Å². The Hall–Kier alpha value is -1.78. The van der Waals surface area contributed by atoms with Crippen molar-refractivity contribution < 1.29 is 4.74 Å². The quantitative estimate of drug-likeness (QED) is 0.457. The molecule has 0 atom stereocenters. The molecule has 18 heavy (non-hydrogen) atoms. The molecule has 5 heteroatoms. The summed E-state index contributed by atoms with van der Waals surface area (Å²) in [4.78, 5) is 8.31. The molecule has 0 fully saturated rings. The van der Waals surface area contributed by atoms with Crippen LogP contribution in [0.3, 0.4) is 0 Å². The minimum Gasteiger partial charge on any atom is -0.481 e. The normalized spacial score (nSPS) is 11.2. The van der Waals surface area contributed by atoms with E-state index in [-0.39, 0.29) is 0 Å². The standard InChI is InChI=1S/C13H22N4O/c1-4-5-8-15-13(14-2)17-10-11-6-7-12(18-3)16-9-11/h6-7,9H,4-5,8,10H2,1-3H3,(H2,14,15,17). The number of methoxy groups -OCH3 is 1. The van der Waals surface area contributed by atoms with Gasteiger partial charge in [0, 0.05) is 32.4 Å². The maximum absolute atomic E-state index is 5.01. The first-order valence-corrected chi connectivity index (χ1v) is 6.23. The Morgan fingerprint density at radius 2 is 2.22 bits per heavy atom. The van der Waals surface area contributed by atoms with Gasteiger partial charge in [-0.15, -0.1) is 0 Å². The van der Waals surface area contributed by atoms with E-state index in [0.29, 0.717) is 12.4 Å². The number of ether oxygens (including phenoxy) is 1. The molecule has 0 aromatic carbocycles. The molecule has 100 valence electrons. The van der Waals surface area contributed by atoms with Gasteiger partial charge in [0.25, 0.3) is 0 Å². The van der Waals surface area contributed by atoms with Crippen molar-refractivity contribution in [2.75, 3.05) is 20.7 Å². The Kier molecular flexibility index (Phi) is 6.61. The van der Waals surface area contributed by atoms with Crippen LogP contribution in [0.4, 0.5) is 0 Å². The lowest BCUT2D eigenvalue weighted by molar-refractivity contribution is 0.397. The third-order valence-corrected chi connectivity index (χ3v) is 2.51. The van der Waals surface area contributed by atoms with E-state index in [1.807, 2.05) is 12.1 Å². The molecule has 1 aromatic heterocycles. The summed E-state index contributed by atoms with van der Waals surface area (Å²) in [7, 11) is 3.38. The van der Waals surface area contributed by atoms with Crippen LogP contribution in [0.2, 0.25) is 0 Å². The van der Waals surface area contributed by atoms with Crippen molar-refractivity contribution >= 4 is 5.96 Å². The van der Waals surface area contributed by atoms with E-state index in [9.17, 15) is 0 Å². The lowest BCUT2D eigenvalue weighted by Crippen LogP contribution is -2.37. The molecule has 1 heterocycles. The van der Waals surface area contributed by atoms with Gasteiger partial charge in [-0.1, -0.05) is 19.4 Å². The van der Waals surface area contributed by atoms with E-state index in [1.54, 1.807) is 20.4 Å².